The highest BCUT2D eigenvalue weighted by atomic mass is 32.1. The molecule has 0 saturated heterocycles. The van der Waals surface area contributed by atoms with Crippen LogP contribution in [-0.2, 0) is 0 Å². The van der Waals surface area contributed by atoms with E-state index in [-0.39, 0.29) is 17.1 Å². The molecule has 0 radical (unpaired) electrons. The predicted molar refractivity (Wildman–Crippen MR) is 104 cm³/mol. The summed E-state index contributed by atoms with van der Waals surface area (Å²) in [4.78, 5) is 12.3. The van der Waals surface area contributed by atoms with E-state index in [0.717, 1.165) is 5.75 Å². The number of ether oxygens (including phenoxy) is 2. The molecule has 0 aliphatic carbocycles. The molecule has 0 saturated carbocycles. The van der Waals surface area contributed by atoms with Gasteiger partial charge >= 0.3 is 0 Å². The van der Waals surface area contributed by atoms with Crippen LogP contribution in [0.3, 0.4) is 0 Å². The smallest absolute Gasteiger partial charge is 0.257 e. The van der Waals surface area contributed by atoms with E-state index in [9.17, 15) is 4.79 Å². The number of rotatable bonds is 6. The van der Waals surface area contributed by atoms with Gasteiger partial charge in [-0.25, -0.2) is 0 Å². The molecule has 132 valence electrons. The quantitative estimate of drug-likeness (QED) is 0.765. The van der Waals surface area contributed by atoms with E-state index in [1.165, 1.54) is 0 Å². The molecule has 0 atom stereocenters. The summed E-state index contributed by atoms with van der Waals surface area (Å²) >= 11 is 5.22. The molecule has 0 heterocycles. The fourth-order valence-electron chi connectivity index (χ4n) is 2.14. The van der Waals surface area contributed by atoms with Crippen molar-refractivity contribution < 1.29 is 14.3 Å². The van der Waals surface area contributed by atoms with E-state index in [4.69, 9.17) is 21.7 Å². The molecule has 0 aliphatic rings. The molecule has 2 N–H and O–H groups in total. The van der Waals surface area contributed by atoms with Gasteiger partial charge in [0.25, 0.3) is 5.91 Å². The zero-order valence-corrected chi connectivity index (χ0v) is 15.4. The standard InChI is InChI=1S/C19H22N2O3S/c1-4-23-17-8-6-5-7-16(17)20-19(25)21-18(22)14-9-11-15(12-10-14)24-13(2)3/h5-13H,4H2,1-3H3,(H2,20,21,22,25). The second-order valence-electron chi connectivity index (χ2n) is 5.53. The van der Waals surface area contributed by atoms with Crippen molar-refractivity contribution in [3.8, 4) is 11.5 Å². The number of amides is 1. The average Bonchev–Trinajstić information content (AvgIpc) is 2.57. The number of nitrogens with one attached hydrogen (secondary N) is 2. The molecule has 0 aromatic heterocycles. The van der Waals surface area contributed by atoms with Crippen LogP contribution in [-0.4, -0.2) is 23.7 Å². The van der Waals surface area contributed by atoms with Gasteiger partial charge in [0, 0.05) is 5.56 Å². The summed E-state index contributed by atoms with van der Waals surface area (Å²) in [5.41, 5.74) is 1.20. The van der Waals surface area contributed by atoms with E-state index < -0.39 is 0 Å². The van der Waals surface area contributed by atoms with E-state index in [0.29, 0.717) is 23.6 Å². The van der Waals surface area contributed by atoms with E-state index in [2.05, 4.69) is 10.6 Å². The summed E-state index contributed by atoms with van der Waals surface area (Å²) < 4.78 is 11.1. The maximum Gasteiger partial charge on any atom is 0.257 e. The minimum absolute atomic E-state index is 0.0851. The first-order valence-electron chi connectivity index (χ1n) is 8.10. The normalized spacial score (nSPS) is 10.2. The Morgan fingerprint density at radius 3 is 2.44 bits per heavy atom. The zero-order valence-electron chi connectivity index (χ0n) is 14.5. The molecule has 0 unspecified atom stereocenters. The van der Waals surface area contributed by atoms with Crippen molar-refractivity contribution in [2.45, 2.75) is 26.9 Å². The molecule has 2 aromatic rings. The Labute approximate surface area is 153 Å². The number of hydrogen-bond donors (Lipinski definition) is 2. The lowest BCUT2D eigenvalue weighted by Gasteiger charge is -2.14. The van der Waals surface area contributed by atoms with Gasteiger partial charge in [-0.15, -0.1) is 0 Å². The van der Waals surface area contributed by atoms with Gasteiger partial charge in [0.05, 0.1) is 18.4 Å². The molecule has 1 amide bonds. The van der Waals surface area contributed by atoms with Crippen molar-refractivity contribution in [3.63, 3.8) is 0 Å². The van der Waals surface area contributed by atoms with E-state index >= 15 is 0 Å². The highest BCUT2D eigenvalue weighted by Gasteiger charge is 2.10. The molecule has 25 heavy (non-hydrogen) atoms. The molecule has 0 fully saturated rings. The van der Waals surface area contributed by atoms with Crippen LogP contribution in [0.1, 0.15) is 31.1 Å². The SMILES string of the molecule is CCOc1ccccc1NC(=S)NC(=O)c1ccc(OC(C)C)cc1. The molecule has 5 nitrogen and oxygen atoms in total. The van der Waals surface area contributed by atoms with Gasteiger partial charge in [-0.2, -0.15) is 0 Å². The Bertz CT molecular complexity index is 730. The second kappa shape index (κ2) is 9.03. The van der Waals surface area contributed by atoms with Crippen molar-refractivity contribution in [2.24, 2.45) is 0 Å². The summed E-state index contributed by atoms with van der Waals surface area (Å²) in [6, 6.07) is 14.3. The average molecular weight is 358 g/mol. The summed E-state index contributed by atoms with van der Waals surface area (Å²) in [6.45, 7) is 6.35. The number of hydrogen-bond acceptors (Lipinski definition) is 4. The Morgan fingerprint density at radius 2 is 1.80 bits per heavy atom. The number of anilines is 1. The van der Waals surface area contributed by atoms with Crippen molar-refractivity contribution in [1.29, 1.82) is 0 Å². The number of carbonyl (C=O) groups is 1. The van der Waals surface area contributed by atoms with Crippen LogP contribution in [0.4, 0.5) is 5.69 Å². The largest absolute Gasteiger partial charge is 0.492 e. The summed E-state index contributed by atoms with van der Waals surface area (Å²) in [5.74, 6) is 1.11. The molecule has 0 bridgehead atoms. The number of carbonyl (C=O) groups excluding carboxylic acids is 1. The maximum atomic E-state index is 12.3. The molecule has 0 aliphatic heterocycles. The van der Waals surface area contributed by atoms with E-state index in [1.807, 2.05) is 45.0 Å². The summed E-state index contributed by atoms with van der Waals surface area (Å²) in [5, 5.41) is 5.85. The maximum absolute atomic E-state index is 12.3. The first-order chi connectivity index (χ1) is 12.0. The van der Waals surface area contributed by atoms with Crippen LogP contribution in [0.15, 0.2) is 48.5 Å². The third-order valence-corrected chi connectivity index (χ3v) is 3.35. The summed E-state index contributed by atoms with van der Waals surface area (Å²) in [7, 11) is 0. The van der Waals surface area contributed by atoms with Gasteiger partial charge in [0.15, 0.2) is 5.11 Å². The first-order valence-corrected chi connectivity index (χ1v) is 8.51. The molecule has 2 aromatic carbocycles. The van der Waals surface area contributed by atoms with Crippen LogP contribution in [0.25, 0.3) is 0 Å². The van der Waals surface area contributed by atoms with Gasteiger partial charge in [-0.05, 0) is 69.4 Å². The number of para-hydroxylation sites is 2. The van der Waals surface area contributed by atoms with Gasteiger partial charge in [0.1, 0.15) is 11.5 Å². The number of benzene rings is 2. The molecule has 0 spiro atoms. The topological polar surface area (TPSA) is 59.6 Å². The highest BCUT2D eigenvalue weighted by molar-refractivity contribution is 7.80. The third kappa shape index (κ3) is 5.76. The lowest BCUT2D eigenvalue weighted by molar-refractivity contribution is 0.0977. The van der Waals surface area contributed by atoms with Crippen LogP contribution in [0, 0.1) is 0 Å². The van der Waals surface area contributed by atoms with Crippen molar-refractivity contribution >= 4 is 28.9 Å². The third-order valence-electron chi connectivity index (χ3n) is 3.15. The van der Waals surface area contributed by atoms with Gasteiger partial charge < -0.3 is 14.8 Å². The van der Waals surface area contributed by atoms with Crippen LogP contribution >= 0.6 is 12.2 Å². The van der Waals surface area contributed by atoms with E-state index in [1.54, 1.807) is 24.3 Å². The van der Waals surface area contributed by atoms with Crippen molar-refractivity contribution in [2.75, 3.05) is 11.9 Å². The molecular formula is C19H22N2O3S. The molecular weight excluding hydrogens is 336 g/mol. The van der Waals surface area contributed by atoms with Crippen molar-refractivity contribution in [1.82, 2.24) is 5.32 Å². The Hall–Kier alpha value is -2.60. The second-order valence-corrected chi connectivity index (χ2v) is 5.94. The fraction of sp³-hybridized carbons (Fsp3) is 0.263. The van der Waals surface area contributed by atoms with Crippen LogP contribution in [0.2, 0.25) is 0 Å². The highest BCUT2D eigenvalue weighted by Crippen LogP contribution is 2.23. The first kappa shape index (κ1) is 18.7. The minimum atomic E-state index is -0.289. The van der Waals surface area contributed by atoms with Gasteiger partial charge in [-0.1, -0.05) is 12.1 Å². The lowest BCUT2D eigenvalue weighted by atomic mass is 10.2. The molecule has 2 rings (SSSR count). The lowest BCUT2D eigenvalue weighted by Crippen LogP contribution is -2.34. The fourth-order valence-corrected chi connectivity index (χ4v) is 2.34. The zero-order chi connectivity index (χ0) is 18.2. The Balaban J connectivity index is 1.97. The van der Waals surface area contributed by atoms with Crippen LogP contribution < -0.4 is 20.1 Å². The molecule has 6 heteroatoms. The Kier molecular flexibility index (Phi) is 6.77. The Morgan fingerprint density at radius 1 is 1.12 bits per heavy atom. The monoisotopic (exact) mass is 358 g/mol. The number of thiocarbonyl (C=S) groups is 1. The summed E-state index contributed by atoms with van der Waals surface area (Å²) in [6.07, 6.45) is 0.0851. The van der Waals surface area contributed by atoms with Gasteiger partial charge in [0.2, 0.25) is 0 Å². The predicted octanol–water partition coefficient (Wildman–Crippen LogP) is 4.00. The van der Waals surface area contributed by atoms with Gasteiger partial charge in [-0.3, -0.25) is 10.1 Å². The van der Waals surface area contributed by atoms with Crippen molar-refractivity contribution in [3.05, 3.63) is 54.1 Å². The van der Waals surface area contributed by atoms with Crippen LogP contribution in [0.5, 0.6) is 11.5 Å². The minimum Gasteiger partial charge on any atom is -0.492 e.